The number of halogens is 1. The molecule has 1 aliphatic rings. The van der Waals surface area contributed by atoms with Crippen LogP contribution in [0.1, 0.15) is 29.2 Å². The molecule has 0 radical (unpaired) electrons. The molecule has 132 valence electrons. The van der Waals surface area contributed by atoms with E-state index >= 15 is 0 Å². The van der Waals surface area contributed by atoms with Gasteiger partial charge in [-0.15, -0.1) is 0 Å². The van der Waals surface area contributed by atoms with Crippen molar-refractivity contribution in [3.8, 4) is 5.75 Å². The number of nitrogens with two attached hydrogens (primary N) is 1. The maximum Gasteiger partial charge on any atom is 0.275 e. The molecule has 2 N–H and O–H groups in total. The molecule has 25 heavy (non-hydrogen) atoms. The van der Waals surface area contributed by atoms with E-state index in [-0.39, 0.29) is 36.6 Å². The van der Waals surface area contributed by atoms with Gasteiger partial charge in [-0.05, 0) is 25.0 Å². The van der Waals surface area contributed by atoms with E-state index in [1.165, 1.54) is 24.5 Å². The van der Waals surface area contributed by atoms with Crippen molar-refractivity contribution in [2.24, 2.45) is 11.7 Å². The molecule has 3 rings (SSSR count). The first kappa shape index (κ1) is 16.9. The van der Waals surface area contributed by atoms with Gasteiger partial charge in [0.15, 0.2) is 12.3 Å². The Morgan fingerprint density at radius 3 is 3.04 bits per heavy atom. The van der Waals surface area contributed by atoms with Gasteiger partial charge in [0.1, 0.15) is 17.8 Å². The van der Waals surface area contributed by atoms with Crippen molar-refractivity contribution in [3.63, 3.8) is 0 Å². The molecule has 2 amide bonds. The highest BCUT2D eigenvalue weighted by molar-refractivity contribution is 5.92. The van der Waals surface area contributed by atoms with Crippen LogP contribution >= 0.6 is 0 Å². The fourth-order valence-corrected chi connectivity index (χ4v) is 2.73. The van der Waals surface area contributed by atoms with E-state index < -0.39 is 11.7 Å². The number of hydrogen-bond acceptors (Lipinski definition) is 5. The molecule has 0 saturated carbocycles. The van der Waals surface area contributed by atoms with Crippen LogP contribution in [0.4, 0.5) is 4.39 Å². The van der Waals surface area contributed by atoms with Gasteiger partial charge < -0.3 is 19.8 Å². The summed E-state index contributed by atoms with van der Waals surface area (Å²) in [7, 11) is 0. The number of primary amides is 1. The van der Waals surface area contributed by atoms with Crippen LogP contribution in [0.5, 0.6) is 5.75 Å². The van der Waals surface area contributed by atoms with Gasteiger partial charge in [-0.25, -0.2) is 9.37 Å². The Kier molecular flexibility index (Phi) is 4.97. The van der Waals surface area contributed by atoms with Crippen molar-refractivity contribution in [2.75, 3.05) is 13.1 Å². The third kappa shape index (κ3) is 4.14. The first-order valence-corrected chi connectivity index (χ1v) is 7.94. The van der Waals surface area contributed by atoms with E-state index in [9.17, 15) is 14.0 Å². The van der Waals surface area contributed by atoms with Crippen molar-refractivity contribution < 1.29 is 23.1 Å². The normalized spacial score (nSPS) is 17.3. The number of oxazole rings is 1. The second-order valence-corrected chi connectivity index (χ2v) is 5.87. The van der Waals surface area contributed by atoms with Gasteiger partial charge in [0, 0.05) is 19.2 Å². The molecular formula is C17H18FN3O4. The van der Waals surface area contributed by atoms with Gasteiger partial charge >= 0.3 is 0 Å². The zero-order chi connectivity index (χ0) is 17.8. The molecule has 1 fully saturated rings. The van der Waals surface area contributed by atoms with Gasteiger partial charge in [0.25, 0.3) is 5.91 Å². The van der Waals surface area contributed by atoms with E-state index in [1.807, 2.05) is 0 Å². The second-order valence-electron chi connectivity index (χ2n) is 5.87. The average molecular weight is 347 g/mol. The molecule has 0 bridgehead atoms. The Bertz CT molecular complexity index is 777. The van der Waals surface area contributed by atoms with Crippen LogP contribution in [0, 0.1) is 11.7 Å². The number of aromatic nitrogens is 1. The summed E-state index contributed by atoms with van der Waals surface area (Å²) in [6.45, 7) is 0.807. The van der Waals surface area contributed by atoms with Gasteiger partial charge in [0.2, 0.25) is 11.8 Å². The van der Waals surface area contributed by atoms with Gasteiger partial charge in [-0.1, -0.05) is 6.07 Å². The Labute approximate surface area is 143 Å². The summed E-state index contributed by atoms with van der Waals surface area (Å²) in [5.41, 5.74) is 5.47. The summed E-state index contributed by atoms with van der Waals surface area (Å²) in [5.74, 6) is -0.911. The predicted octanol–water partition coefficient (Wildman–Crippen LogP) is 1.73. The number of rotatable bonds is 5. The number of nitrogens with zero attached hydrogens (tertiary/aromatic N) is 2. The summed E-state index contributed by atoms with van der Waals surface area (Å²) >= 11 is 0. The van der Waals surface area contributed by atoms with Crippen LogP contribution in [0.15, 0.2) is 34.9 Å². The fourth-order valence-electron chi connectivity index (χ4n) is 2.73. The fraction of sp³-hybridized carbons (Fsp3) is 0.353. The van der Waals surface area contributed by atoms with E-state index in [0.29, 0.717) is 25.1 Å². The number of carbonyl (C=O) groups is 2. The highest BCUT2D eigenvalue weighted by Gasteiger charge is 2.29. The lowest BCUT2D eigenvalue weighted by molar-refractivity contribution is -0.123. The SMILES string of the molecule is NC(=O)[C@H]1CCCN(C(=O)c2coc(COc3cccc(F)c3)n2)C1. The molecule has 0 unspecified atom stereocenters. The van der Waals surface area contributed by atoms with Crippen LogP contribution in [-0.4, -0.2) is 34.8 Å². The van der Waals surface area contributed by atoms with Crippen molar-refractivity contribution in [1.29, 1.82) is 0 Å². The Hall–Kier alpha value is -2.90. The second kappa shape index (κ2) is 7.33. The number of ether oxygens (including phenoxy) is 1. The topological polar surface area (TPSA) is 98.7 Å². The first-order chi connectivity index (χ1) is 12.0. The quantitative estimate of drug-likeness (QED) is 0.888. The monoisotopic (exact) mass is 347 g/mol. The maximum atomic E-state index is 13.1. The molecule has 0 aliphatic carbocycles. The number of likely N-dealkylation sites (tertiary alicyclic amines) is 1. The predicted molar refractivity (Wildman–Crippen MR) is 85.1 cm³/mol. The standard InChI is InChI=1S/C17H18FN3O4/c18-12-4-1-5-13(7-12)24-10-15-20-14(9-25-15)17(23)21-6-2-3-11(8-21)16(19)22/h1,4-5,7,9,11H,2-3,6,8,10H2,(H2,19,22)/t11-/m0/s1. The lowest BCUT2D eigenvalue weighted by Gasteiger charge is -2.30. The molecule has 0 spiro atoms. The lowest BCUT2D eigenvalue weighted by atomic mass is 9.97. The summed E-state index contributed by atoms with van der Waals surface area (Å²) in [4.78, 5) is 29.4. The van der Waals surface area contributed by atoms with Crippen molar-refractivity contribution in [1.82, 2.24) is 9.88 Å². The zero-order valence-electron chi connectivity index (χ0n) is 13.5. The number of amides is 2. The van der Waals surface area contributed by atoms with E-state index in [1.54, 1.807) is 11.0 Å². The van der Waals surface area contributed by atoms with Crippen LogP contribution < -0.4 is 10.5 Å². The molecule has 1 aromatic carbocycles. The number of hydrogen-bond donors (Lipinski definition) is 1. The molecular weight excluding hydrogens is 329 g/mol. The van der Waals surface area contributed by atoms with Gasteiger partial charge in [-0.3, -0.25) is 9.59 Å². The Morgan fingerprint density at radius 2 is 2.28 bits per heavy atom. The summed E-state index contributed by atoms with van der Waals surface area (Å²) in [6, 6.07) is 5.69. The van der Waals surface area contributed by atoms with Crippen LogP contribution in [0.2, 0.25) is 0 Å². The van der Waals surface area contributed by atoms with E-state index in [4.69, 9.17) is 14.9 Å². The molecule has 1 saturated heterocycles. The minimum Gasteiger partial charge on any atom is -0.484 e. The smallest absolute Gasteiger partial charge is 0.275 e. The number of piperidine rings is 1. The summed E-state index contributed by atoms with van der Waals surface area (Å²) < 4.78 is 23.7. The zero-order valence-corrected chi connectivity index (χ0v) is 13.5. The Morgan fingerprint density at radius 1 is 1.44 bits per heavy atom. The highest BCUT2D eigenvalue weighted by atomic mass is 19.1. The average Bonchev–Trinajstić information content (AvgIpc) is 3.08. The largest absolute Gasteiger partial charge is 0.484 e. The summed E-state index contributed by atoms with van der Waals surface area (Å²) in [5, 5.41) is 0. The maximum absolute atomic E-state index is 13.1. The molecule has 1 atom stereocenters. The third-order valence-corrected chi connectivity index (χ3v) is 4.04. The van der Waals surface area contributed by atoms with Gasteiger partial charge in [-0.2, -0.15) is 0 Å². The third-order valence-electron chi connectivity index (χ3n) is 4.04. The van der Waals surface area contributed by atoms with Gasteiger partial charge in [0.05, 0.1) is 5.92 Å². The molecule has 8 heteroatoms. The Balaban J connectivity index is 1.60. The lowest BCUT2D eigenvalue weighted by Crippen LogP contribution is -2.44. The van der Waals surface area contributed by atoms with Crippen molar-refractivity contribution in [2.45, 2.75) is 19.4 Å². The minimum atomic E-state index is -0.408. The van der Waals surface area contributed by atoms with Crippen molar-refractivity contribution in [3.05, 3.63) is 47.9 Å². The molecule has 7 nitrogen and oxygen atoms in total. The molecule has 2 heterocycles. The van der Waals surface area contributed by atoms with E-state index in [2.05, 4.69) is 4.98 Å². The van der Waals surface area contributed by atoms with Crippen LogP contribution in [0.25, 0.3) is 0 Å². The number of carbonyl (C=O) groups excluding carboxylic acids is 2. The van der Waals surface area contributed by atoms with Crippen LogP contribution in [-0.2, 0) is 11.4 Å². The summed E-state index contributed by atoms with van der Waals surface area (Å²) in [6.07, 6.45) is 2.65. The highest BCUT2D eigenvalue weighted by Crippen LogP contribution is 2.19. The molecule has 2 aromatic rings. The number of benzene rings is 1. The van der Waals surface area contributed by atoms with Crippen molar-refractivity contribution >= 4 is 11.8 Å². The van der Waals surface area contributed by atoms with E-state index in [0.717, 1.165) is 0 Å². The minimum absolute atomic E-state index is 0.0271. The first-order valence-electron chi connectivity index (χ1n) is 7.94. The molecule has 1 aromatic heterocycles. The molecule has 1 aliphatic heterocycles. The van der Waals surface area contributed by atoms with Crippen LogP contribution in [0.3, 0.4) is 0 Å².